The van der Waals surface area contributed by atoms with Crippen molar-refractivity contribution in [1.29, 1.82) is 0 Å². The van der Waals surface area contributed by atoms with Crippen LogP contribution in [0.25, 0.3) is 33.4 Å². The van der Waals surface area contributed by atoms with Gasteiger partial charge < -0.3 is 4.74 Å². The second-order valence-electron chi connectivity index (χ2n) is 17.9. The molecule has 0 aromatic heterocycles. The van der Waals surface area contributed by atoms with Crippen LogP contribution >= 0.6 is 0 Å². The van der Waals surface area contributed by atoms with Crippen molar-refractivity contribution in [2.24, 2.45) is 29.6 Å². The van der Waals surface area contributed by atoms with Gasteiger partial charge in [-0.05, 0) is 154 Å². The fraction of sp³-hybridized carbons (Fsp3) is 0.283. The van der Waals surface area contributed by atoms with Gasteiger partial charge in [0.15, 0.2) is 0 Å². The lowest BCUT2D eigenvalue weighted by Crippen LogP contribution is -2.55. The number of allylic oxidation sites excluding steroid dienone is 7. The fourth-order valence-corrected chi connectivity index (χ4v) is 14.0. The Balaban J connectivity index is 0.879. The van der Waals surface area contributed by atoms with Crippen LogP contribution in [0.3, 0.4) is 0 Å². The molecule has 4 fully saturated rings. The Morgan fingerprint density at radius 3 is 1.89 bits per heavy atom. The Kier molecular flexibility index (Phi) is 6.02. The van der Waals surface area contributed by atoms with E-state index in [4.69, 9.17) is 4.74 Å². The van der Waals surface area contributed by atoms with Crippen molar-refractivity contribution in [3.63, 3.8) is 0 Å². The van der Waals surface area contributed by atoms with Crippen LogP contribution in [0.15, 0.2) is 163 Å². The minimum Gasteiger partial charge on any atom is -0.461 e. The van der Waals surface area contributed by atoms with E-state index in [9.17, 15) is 0 Å². The van der Waals surface area contributed by atoms with Gasteiger partial charge in [0.25, 0.3) is 0 Å². The van der Waals surface area contributed by atoms with E-state index in [1.165, 1.54) is 87.7 Å². The zero-order chi connectivity index (χ0) is 35.2. The number of benzene rings is 5. The van der Waals surface area contributed by atoms with Gasteiger partial charge >= 0.3 is 0 Å². The smallest absolute Gasteiger partial charge is 0.127 e. The van der Waals surface area contributed by atoms with Gasteiger partial charge in [0, 0.05) is 17.3 Å². The molecule has 4 bridgehead atoms. The minimum atomic E-state index is -0.240. The molecule has 5 aromatic carbocycles. The van der Waals surface area contributed by atoms with Crippen molar-refractivity contribution >= 4 is 0 Å². The predicted octanol–water partition coefficient (Wildman–Crippen LogP) is 12.8. The first-order valence-corrected chi connectivity index (χ1v) is 20.7. The Labute approximate surface area is 318 Å². The summed E-state index contributed by atoms with van der Waals surface area (Å²) in [5, 5.41) is 0. The standard InChI is InChI=1S/C53H44O/c1-4-12-44-42(11-1)43-23-21-36(30-48(43)52(44)38-26-32-25-33(28-38)29-39(52)27-32)34-17-19-35(20-18-34)37-22-24-51-49(31-37)53(47-15-7-8-16-50(47)54-51)45-13-5-2-9-40(45)41-10-3-6-14-46(41)53/h1-14,16-24,30,32-33,37-39,47H,15,25-29,31H2. The average molecular weight is 697 g/mol. The summed E-state index contributed by atoms with van der Waals surface area (Å²) in [6, 6.07) is 44.9. The first-order chi connectivity index (χ1) is 26.7. The van der Waals surface area contributed by atoms with Crippen LogP contribution < -0.4 is 0 Å². The third kappa shape index (κ3) is 3.72. The Morgan fingerprint density at radius 2 is 1.19 bits per heavy atom. The van der Waals surface area contributed by atoms with Crippen LogP contribution in [0.2, 0.25) is 0 Å². The SMILES string of the molecule is C1=CCC2C(=C1)OC1=C(CC(c3ccc(-c4ccc5c(c4)C4(c6ccccc6-5)C5CC6CC(C5)CC4C6)cc3)C=C1)C21c2ccccc2-c2ccccc21. The molecule has 262 valence electrons. The molecule has 0 radical (unpaired) electrons. The largest absolute Gasteiger partial charge is 0.461 e. The Morgan fingerprint density at radius 1 is 0.574 bits per heavy atom. The molecule has 4 saturated carbocycles. The van der Waals surface area contributed by atoms with E-state index >= 15 is 0 Å². The summed E-state index contributed by atoms with van der Waals surface area (Å²) in [5.74, 6) is 6.15. The van der Waals surface area contributed by atoms with Crippen molar-refractivity contribution in [2.45, 2.75) is 61.7 Å². The average Bonchev–Trinajstić information content (AvgIpc) is 3.68. The summed E-state index contributed by atoms with van der Waals surface area (Å²) in [4.78, 5) is 0. The maximum Gasteiger partial charge on any atom is 0.127 e. The molecular weight excluding hydrogens is 653 g/mol. The molecule has 0 amide bonds. The van der Waals surface area contributed by atoms with Crippen LogP contribution in [-0.4, -0.2) is 0 Å². The van der Waals surface area contributed by atoms with Gasteiger partial charge in [0.1, 0.15) is 11.5 Å². The van der Waals surface area contributed by atoms with Gasteiger partial charge in [-0.15, -0.1) is 0 Å². The van der Waals surface area contributed by atoms with E-state index < -0.39 is 0 Å². The molecule has 1 heteroatoms. The van der Waals surface area contributed by atoms with Crippen molar-refractivity contribution in [3.05, 3.63) is 191 Å². The van der Waals surface area contributed by atoms with E-state index in [-0.39, 0.29) is 22.7 Å². The molecule has 0 saturated heterocycles. The summed E-state index contributed by atoms with van der Waals surface area (Å²) in [6.07, 6.45) is 20.5. The van der Waals surface area contributed by atoms with Crippen LogP contribution in [0.4, 0.5) is 0 Å². The van der Waals surface area contributed by atoms with E-state index in [1.54, 1.807) is 11.1 Å². The Hall–Kier alpha value is -5.14. The third-order valence-corrected chi connectivity index (χ3v) is 15.8. The van der Waals surface area contributed by atoms with Crippen LogP contribution in [-0.2, 0) is 15.6 Å². The lowest BCUT2D eigenvalue weighted by Gasteiger charge is -2.61. The summed E-state index contributed by atoms with van der Waals surface area (Å²) in [5.41, 5.74) is 17.4. The quantitative estimate of drug-likeness (QED) is 0.179. The zero-order valence-electron chi connectivity index (χ0n) is 30.7. The summed E-state index contributed by atoms with van der Waals surface area (Å²) >= 11 is 0. The van der Waals surface area contributed by atoms with E-state index in [1.807, 2.05) is 0 Å². The molecule has 8 aliphatic carbocycles. The molecular formula is C53H44O. The zero-order valence-corrected chi connectivity index (χ0v) is 30.7. The van der Waals surface area contributed by atoms with Gasteiger partial charge in [-0.2, -0.15) is 0 Å². The number of hydrogen-bond acceptors (Lipinski definition) is 1. The van der Waals surface area contributed by atoms with Crippen molar-refractivity contribution in [3.8, 4) is 33.4 Å². The van der Waals surface area contributed by atoms with Gasteiger partial charge in [0.2, 0.25) is 0 Å². The first kappa shape index (κ1) is 30.2. The normalized spacial score (nSPS) is 30.7. The van der Waals surface area contributed by atoms with Crippen molar-refractivity contribution in [1.82, 2.24) is 0 Å². The van der Waals surface area contributed by atoms with Gasteiger partial charge in [-0.3, -0.25) is 0 Å². The van der Waals surface area contributed by atoms with E-state index in [0.29, 0.717) is 0 Å². The third-order valence-electron chi connectivity index (χ3n) is 15.8. The second-order valence-corrected chi connectivity index (χ2v) is 17.9. The van der Waals surface area contributed by atoms with E-state index in [0.717, 1.165) is 48.0 Å². The maximum atomic E-state index is 6.82. The van der Waals surface area contributed by atoms with Gasteiger partial charge in [-0.25, -0.2) is 0 Å². The first-order valence-electron chi connectivity index (χ1n) is 20.7. The van der Waals surface area contributed by atoms with Crippen LogP contribution in [0.1, 0.15) is 78.7 Å². The molecule has 2 atom stereocenters. The summed E-state index contributed by atoms with van der Waals surface area (Å²) in [6.45, 7) is 0. The van der Waals surface area contributed by atoms with Crippen molar-refractivity contribution in [2.75, 3.05) is 0 Å². The summed E-state index contributed by atoms with van der Waals surface area (Å²) in [7, 11) is 0. The molecule has 1 heterocycles. The highest BCUT2D eigenvalue weighted by Crippen LogP contribution is 2.70. The molecule has 5 aromatic rings. The molecule has 0 N–H and O–H groups in total. The monoisotopic (exact) mass is 696 g/mol. The summed E-state index contributed by atoms with van der Waals surface area (Å²) < 4.78 is 6.82. The molecule has 1 nitrogen and oxygen atoms in total. The van der Waals surface area contributed by atoms with E-state index in [2.05, 4.69) is 146 Å². The molecule has 14 rings (SSSR count). The highest BCUT2D eigenvalue weighted by Gasteiger charge is 2.62. The number of hydrogen-bond donors (Lipinski definition) is 0. The van der Waals surface area contributed by atoms with Crippen molar-refractivity contribution < 1.29 is 4.74 Å². The number of fused-ring (bicyclic) bond motifs is 11. The second kappa shape index (κ2) is 10.8. The highest BCUT2D eigenvalue weighted by molar-refractivity contribution is 5.86. The van der Waals surface area contributed by atoms with Gasteiger partial charge in [0.05, 0.1) is 5.41 Å². The highest BCUT2D eigenvalue weighted by atomic mass is 16.5. The maximum absolute atomic E-state index is 6.82. The lowest BCUT2D eigenvalue weighted by molar-refractivity contribution is -0.0399. The minimum absolute atomic E-state index is 0.201. The molecule has 54 heavy (non-hydrogen) atoms. The molecule has 2 spiro atoms. The Bertz CT molecular complexity index is 2480. The topological polar surface area (TPSA) is 9.23 Å². The predicted molar refractivity (Wildman–Crippen MR) is 218 cm³/mol. The molecule has 2 unspecified atom stereocenters. The fourth-order valence-electron chi connectivity index (χ4n) is 14.0. The molecule has 1 aliphatic heterocycles. The lowest BCUT2D eigenvalue weighted by atomic mass is 9.43. The number of ether oxygens (including phenoxy) is 1. The van der Waals surface area contributed by atoms with Gasteiger partial charge in [-0.1, -0.05) is 127 Å². The number of rotatable bonds is 2. The van der Waals surface area contributed by atoms with Crippen LogP contribution in [0.5, 0.6) is 0 Å². The van der Waals surface area contributed by atoms with Crippen LogP contribution in [0, 0.1) is 29.6 Å². The molecule has 9 aliphatic rings.